The van der Waals surface area contributed by atoms with Crippen molar-refractivity contribution < 1.29 is 4.21 Å². The third-order valence-electron chi connectivity index (χ3n) is 2.60. The van der Waals surface area contributed by atoms with Crippen molar-refractivity contribution in [2.24, 2.45) is 0 Å². The predicted molar refractivity (Wildman–Crippen MR) is 74.4 cm³/mol. The van der Waals surface area contributed by atoms with Gasteiger partial charge in [0.1, 0.15) is 0 Å². The van der Waals surface area contributed by atoms with Crippen LogP contribution in [0.1, 0.15) is 12.2 Å². The van der Waals surface area contributed by atoms with Crippen LogP contribution < -0.4 is 5.32 Å². The molecule has 1 N–H and O–H groups in total. The molecule has 0 aliphatic rings. The lowest BCUT2D eigenvalue weighted by Gasteiger charge is -2.05. The Bertz CT molecular complexity index is 528. The van der Waals surface area contributed by atoms with Crippen molar-refractivity contribution in [3.05, 3.63) is 36.2 Å². The average molecular weight is 279 g/mol. The highest BCUT2D eigenvalue weighted by molar-refractivity contribution is 7.84. The molecule has 0 radical (unpaired) electrons. The van der Waals surface area contributed by atoms with Gasteiger partial charge in [-0.2, -0.15) is 4.68 Å². The van der Waals surface area contributed by atoms with Crippen LogP contribution in [0.4, 0.5) is 0 Å². The number of hydrogen-bond acceptors (Lipinski definition) is 5. The van der Waals surface area contributed by atoms with Crippen LogP contribution in [0.15, 0.2) is 30.3 Å². The Balaban J connectivity index is 1.88. The van der Waals surface area contributed by atoms with Crippen molar-refractivity contribution in [3.63, 3.8) is 0 Å². The molecular formula is C12H17N5OS. The van der Waals surface area contributed by atoms with Crippen molar-refractivity contribution in [3.8, 4) is 5.69 Å². The summed E-state index contributed by atoms with van der Waals surface area (Å²) in [6, 6.07) is 9.77. The van der Waals surface area contributed by atoms with E-state index in [1.54, 1.807) is 10.9 Å². The topological polar surface area (TPSA) is 72.7 Å². The van der Waals surface area contributed by atoms with Gasteiger partial charge in [0.25, 0.3) is 0 Å². The molecule has 0 saturated heterocycles. The third-order valence-corrected chi connectivity index (χ3v) is 3.47. The molecule has 0 amide bonds. The van der Waals surface area contributed by atoms with E-state index in [1.165, 1.54) is 0 Å². The highest BCUT2D eigenvalue weighted by Gasteiger charge is 2.06. The normalized spacial score (nSPS) is 12.5. The molecule has 1 unspecified atom stereocenters. The van der Waals surface area contributed by atoms with E-state index in [4.69, 9.17) is 0 Å². The maximum Gasteiger partial charge on any atom is 0.170 e. The summed E-state index contributed by atoms with van der Waals surface area (Å²) in [5.41, 5.74) is 0.943. The molecule has 0 saturated carbocycles. The molecule has 1 aromatic heterocycles. The van der Waals surface area contributed by atoms with E-state index in [0.717, 1.165) is 30.2 Å². The Morgan fingerprint density at radius 3 is 2.84 bits per heavy atom. The van der Waals surface area contributed by atoms with Crippen LogP contribution in [0.25, 0.3) is 5.69 Å². The summed E-state index contributed by atoms with van der Waals surface area (Å²) < 4.78 is 12.6. The van der Waals surface area contributed by atoms with Crippen molar-refractivity contribution in [2.75, 3.05) is 18.6 Å². The van der Waals surface area contributed by atoms with Gasteiger partial charge in [-0.15, -0.1) is 5.10 Å². The highest BCUT2D eigenvalue weighted by Crippen LogP contribution is 2.06. The molecule has 0 aliphatic heterocycles. The van der Waals surface area contributed by atoms with Gasteiger partial charge < -0.3 is 5.32 Å². The Labute approximate surface area is 114 Å². The fraction of sp³-hybridized carbons (Fsp3) is 0.417. The number of aromatic nitrogens is 4. The minimum Gasteiger partial charge on any atom is -0.310 e. The molecule has 0 aliphatic carbocycles. The second kappa shape index (κ2) is 7.10. The monoisotopic (exact) mass is 279 g/mol. The summed E-state index contributed by atoms with van der Waals surface area (Å²) in [6.45, 7) is 1.40. The van der Waals surface area contributed by atoms with E-state index in [1.807, 2.05) is 30.3 Å². The number of para-hydroxylation sites is 1. The maximum absolute atomic E-state index is 10.9. The van der Waals surface area contributed by atoms with Crippen molar-refractivity contribution in [1.82, 2.24) is 25.5 Å². The molecule has 2 rings (SSSR count). The summed E-state index contributed by atoms with van der Waals surface area (Å²) in [5.74, 6) is 1.49. The van der Waals surface area contributed by atoms with Gasteiger partial charge in [-0.25, -0.2) is 0 Å². The fourth-order valence-electron chi connectivity index (χ4n) is 1.69. The Morgan fingerprint density at radius 2 is 2.11 bits per heavy atom. The Morgan fingerprint density at radius 1 is 1.32 bits per heavy atom. The molecule has 2 aromatic rings. The van der Waals surface area contributed by atoms with Crippen LogP contribution in [0.2, 0.25) is 0 Å². The number of rotatable bonds is 7. The van der Waals surface area contributed by atoms with E-state index in [-0.39, 0.29) is 0 Å². The smallest absolute Gasteiger partial charge is 0.170 e. The zero-order valence-electron chi connectivity index (χ0n) is 10.8. The highest BCUT2D eigenvalue weighted by atomic mass is 32.2. The first-order valence-electron chi connectivity index (χ1n) is 6.11. The number of tetrazole rings is 1. The van der Waals surface area contributed by atoms with Gasteiger partial charge in [0, 0.05) is 22.8 Å². The lowest BCUT2D eigenvalue weighted by molar-refractivity contribution is 0.630. The second-order valence-corrected chi connectivity index (χ2v) is 5.70. The Hall–Kier alpha value is -1.60. The van der Waals surface area contributed by atoms with Crippen LogP contribution in [-0.2, 0) is 17.3 Å². The number of nitrogens with zero attached hydrogens (tertiary/aromatic N) is 4. The summed E-state index contributed by atoms with van der Waals surface area (Å²) in [7, 11) is -0.725. The standard InChI is InChI=1S/C12H17N5OS/c1-19(18)9-5-8-13-10-12-14-15-16-17(12)11-6-3-2-4-7-11/h2-4,6-7,13H,5,8-10H2,1H3. The predicted octanol–water partition coefficient (Wildman–Crippen LogP) is 0.520. The molecule has 1 aromatic carbocycles. The van der Waals surface area contributed by atoms with Gasteiger partial charge in [0.05, 0.1) is 12.2 Å². The minimum absolute atomic E-state index is 0.595. The third kappa shape index (κ3) is 4.22. The first-order valence-corrected chi connectivity index (χ1v) is 7.83. The van der Waals surface area contributed by atoms with Gasteiger partial charge in [-0.3, -0.25) is 4.21 Å². The molecule has 6 nitrogen and oxygen atoms in total. The lowest BCUT2D eigenvalue weighted by Crippen LogP contribution is -2.19. The summed E-state index contributed by atoms with van der Waals surface area (Å²) in [4.78, 5) is 0. The van der Waals surface area contributed by atoms with Crippen LogP contribution >= 0.6 is 0 Å². The molecule has 1 heterocycles. The van der Waals surface area contributed by atoms with Gasteiger partial charge >= 0.3 is 0 Å². The van der Waals surface area contributed by atoms with Crippen molar-refractivity contribution in [2.45, 2.75) is 13.0 Å². The SMILES string of the molecule is CS(=O)CCCNCc1nnnn1-c1ccccc1. The van der Waals surface area contributed by atoms with E-state index in [9.17, 15) is 4.21 Å². The van der Waals surface area contributed by atoms with Gasteiger partial charge in [-0.1, -0.05) is 18.2 Å². The summed E-state index contributed by atoms with van der Waals surface area (Å²) >= 11 is 0. The molecule has 0 spiro atoms. The van der Waals surface area contributed by atoms with Gasteiger partial charge in [0.15, 0.2) is 5.82 Å². The average Bonchev–Trinajstić information content (AvgIpc) is 2.87. The quantitative estimate of drug-likeness (QED) is 0.748. The first kappa shape index (κ1) is 13.8. The lowest BCUT2D eigenvalue weighted by atomic mass is 10.3. The van der Waals surface area contributed by atoms with Crippen LogP contribution in [0.3, 0.4) is 0 Å². The molecule has 1 atom stereocenters. The van der Waals surface area contributed by atoms with Crippen molar-refractivity contribution in [1.29, 1.82) is 0 Å². The molecule has 102 valence electrons. The molecule has 0 fully saturated rings. The van der Waals surface area contributed by atoms with Crippen LogP contribution in [0, 0.1) is 0 Å². The van der Waals surface area contributed by atoms with Crippen molar-refractivity contribution >= 4 is 10.8 Å². The molecule has 19 heavy (non-hydrogen) atoms. The first-order chi connectivity index (χ1) is 9.27. The summed E-state index contributed by atoms with van der Waals surface area (Å²) in [5, 5.41) is 14.9. The molecule has 0 bridgehead atoms. The maximum atomic E-state index is 10.9. The second-order valence-electron chi connectivity index (χ2n) is 4.15. The molecular weight excluding hydrogens is 262 g/mol. The zero-order valence-corrected chi connectivity index (χ0v) is 11.6. The largest absolute Gasteiger partial charge is 0.310 e. The van der Waals surface area contributed by atoms with Gasteiger partial charge in [-0.05, 0) is 35.5 Å². The van der Waals surface area contributed by atoms with Crippen LogP contribution in [0.5, 0.6) is 0 Å². The van der Waals surface area contributed by atoms with E-state index < -0.39 is 10.8 Å². The zero-order chi connectivity index (χ0) is 13.5. The summed E-state index contributed by atoms with van der Waals surface area (Å²) in [6.07, 6.45) is 2.60. The number of benzene rings is 1. The Kier molecular flexibility index (Phi) is 5.17. The fourth-order valence-corrected chi connectivity index (χ4v) is 2.24. The van der Waals surface area contributed by atoms with E-state index in [2.05, 4.69) is 20.8 Å². The van der Waals surface area contributed by atoms with Gasteiger partial charge in [0.2, 0.25) is 0 Å². The van der Waals surface area contributed by atoms with E-state index >= 15 is 0 Å². The van der Waals surface area contributed by atoms with E-state index in [0.29, 0.717) is 6.54 Å². The van der Waals surface area contributed by atoms with Crippen LogP contribution in [-0.4, -0.2) is 43.0 Å². The minimum atomic E-state index is -0.725. The molecule has 7 heteroatoms. The number of hydrogen-bond donors (Lipinski definition) is 1. The number of nitrogens with one attached hydrogen (secondary N) is 1.